The van der Waals surface area contributed by atoms with Gasteiger partial charge in [-0.05, 0) is 48.2 Å². The van der Waals surface area contributed by atoms with E-state index < -0.39 is 11.7 Å². The van der Waals surface area contributed by atoms with Crippen LogP contribution in [0.25, 0.3) is 0 Å². The number of hydrogen-bond acceptors (Lipinski definition) is 4. The SMILES string of the molecule is CNC(=O)c1ccc(NC(=O)c2cccnc2SC(F)F)cc1. The summed E-state index contributed by atoms with van der Waals surface area (Å²) in [6, 6.07) is 9.13. The molecule has 2 rings (SSSR count). The Labute approximate surface area is 135 Å². The van der Waals surface area contributed by atoms with Gasteiger partial charge in [-0.3, -0.25) is 9.59 Å². The van der Waals surface area contributed by atoms with E-state index in [1.54, 1.807) is 24.3 Å². The fourth-order valence-electron chi connectivity index (χ4n) is 1.79. The molecule has 0 aliphatic rings. The summed E-state index contributed by atoms with van der Waals surface area (Å²) in [5.41, 5.74) is 0.952. The molecule has 2 amide bonds. The zero-order chi connectivity index (χ0) is 16.8. The van der Waals surface area contributed by atoms with E-state index in [1.807, 2.05) is 0 Å². The van der Waals surface area contributed by atoms with Crippen LogP contribution in [0, 0.1) is 0 Å². The van der Waals surface area contributed by atoms with Crippen LogP contribution in [0.15, 0.2) is 47.6 Å². The Morgan fingerprint density at radius 2 is 1.83 bits per heavy atom. The van der Waals surface area contributed by atoms with Crippen LogP contribution < -0.4 is 10.6 Å². The van der Waals surface area contributed by atoms with Crippen LogP contribution in [-0.2, 0) is 0 Å². The van der Waals surface area contributed by atoms with E-state index in [0.717, 1.165) is 0 Å². The second kappa shape index (κ2) is 7.68. The molecule has 2 aromatic rings. The number of aromatic nitrogens is 1. The Morgan fingerprint density at radius 1 is 1.13 bits per heavy atom. The zero-order valence-corrected chi connectivity index (χ0v) is 12.9. The number of nitrogens with one attached hydrogen (secondary N) is 2. The van der Waals surface area contributed by atoms with Crippen molar-refractivity contribution < 1.29 is 18.4 Å². The first-order chi connectivity index (χ1) is 11.0. The number of amides is 2. The molecule has 0 aliphatic heterocycles. The van der Waals surface area contributed by atoms with Crippen molar-refractivity contribution in [2.24, 2.45) is 0 Å². The minimum atomic E-state index is -2.66. The van der Waals surface area contributed by atoms with Gasteiger partial charge in [-0.1, -0.05) is 0 Å². The molecule has 0 aliphatic carbocycles. The summed E-state index contributed by atoms with van der Waals surface area (Å²) in [4.78, 5) is 27.4. The molecule has 1 heterocycles. The average molecular weight is 337 g/mol. The van der Waals surface area contributed by atoms with Crippen molar-refractivity contribution >= 4 is 29.3 Å². The van der Waals surface area contributed by atoms with Gasteiger partial charge in [0.05, 0.1) is 5.56 Å². The van der Waals surface area contributed by atoms with Crippen molar-refractivity contribution in [1.29, 1.82) is 0 Å². The molecule has 0 atom stereocenters. The van der Waals surface area contributed by atoms with Crippen molar-refractivity contribution in [3.63, 3.8) is 0 Å². The van der Waals surface area contributed by atoms with Crippen molar-refractivity contribution in [3.8, 4) is 0 Å². The van der Waals surface area contributed by atoms with Crippen LogP contribution in [0.4, 0.5) is 14.5 Å². The Morgan fingerprint density at radius 3 is 2.43 bits per heavy atom. The van der Waals surface area contributed by atoms with Gasteiger partial charge < -0.3 is 10.6 Å². The first-order valence-corrected chi connectivity index (χ1v) is 7.42. The fourth-order valence-corrected chi connectivity index (χ4v) is 2.37. The first kappa shape index (κ1) is 16.9. The molecule has 0 bridgehead atoms. The summed E-state index contributed by atoms with van der Waals surface area (Å²) in [7, 11) is 1.52. The van der Waals surface area contributed by atoms with Gasteiger partial charge in [-0.25, -0.2) is 4.98 Å². The molecular formula is C15H13F2N3O2S. The van der Waals surface area contributed by atoms with Crippen LogP contribution >= 0.6 is 11.8 Å². The van der Waals surface area contributed by atoms with Crippen LogP contribution in [0.2, 0.25) is 0 Å². The number of rotatable bonds is 5. The van der Waals surface area contributed by atoms with Gasteiger partial charge in [-0.2, -0.15) is 8.78 Å². The molecule has 2 N–H and O–H groups in total. The number of halogens is 2. The second-order valence-electron chi connectivity index (χ2n) is 4.35. The topological polar surface area (TPSA) is 71.1 Å². The lowest BCUT2D eigenvalue weighted by Crippen LogP contribution is -2.18. The normalized spacial score (nSPS) is 10.4. The Balaban J connectivity index is 2.15. The number of nitrogens with zero attached hydrogens (tertiary/aromatic N) is 1. The standard InChI is InChI=1S/C15H13F2N3O2S/c1-18-12(21)9-4-6-10(7-5-9)20-13(22)11-3-2-8-19-14(11)23-15(16)17/h2-8,15H,1H3,(H,18,21)(H,20,22). The number of carbonyl (C=O) groups is 2. The zero-order valence-electron chi connectivity index (χ0n) is 12.0. The smallest absolute Gasteiger partial charge is 0.290 e. The van der Waals surface area contributed by atoms with Crippen LogP contribution in [0.3, 0.4) is 0 Å². The molecule has 0 radical (unpaired) electrons. The van der Waals surface area contributed by atoms with Crippen LogP contribution in [0.1, 0.15) is 20.7 Å². The number of thioether (sulfide) groups is 1. The first-order valence-electron chi connectivity index (χ1n) is 6.54. The van der Waals surface area contributed by atoms with Gasteiger partial charge in [0.2, 0.25) is 0 Å². The summed E-state index contributed by atoms with van der Waals surface area (Å²) in [5.74, 6) is -3.46. The molecule has 1 aromatic carbocycles. The largest absolute Gasteiger partial charge is 0.355 e. The highest BCUT2D eigenvalue weighted by molar-refractivity contribution is 7.99. The highest BCUT2D eigenvalue weighted by Gasteiger charge is 2.16. The Bertz CT molecular complexity index is 708. The second-order valence-corrected chi connectivity index (χ2v) is 5.32. The lowest BCUT2D eigenvalue weighted by atomic mass is 10.2. The number of benzene rings is 1. The summed E-state index contributed by atoms with van der Waals surface area (Å²) < 4.78 is 25.0. The number of pyridine rings is 1. The number of carbonyl (C=O) groups excluding carboxylic acids is 2. The van der Waals surface area contributed by atoms with E-state index in [0.29, 0.717) is 11.3 Å². The third-order valence-electron chi connectivity index (χ3n) is 2.85. The molecule has 1 aromatic heterocycles. The maximum atomic E-state index is 12.5. The lowest BCUT2D eigenvalue weighted by Gasteiger charge is -2.09. The van der Waals surface area contributed by atoms with Crippen LogP contribution in [-0.4, -0.2) is 29.6 Å². The van der Waals surface area contributed by atoms with E-state index in [-0.39, 0.29) is 28.3 Å². The van der Waals surface area contributed by atoms with Crippen molar-refractivity contribution in [2.75, 3.05) is 12.4 Å². The molecule has 0 spiro atoms. The number of alkyl halides is 2. The molecule has 120 valence electrons. The van der Waals surface area contributed by atoms with E-state index in [9.17, 15) is 18.4 Å². The molecule has 0 saturated carbocycles. The summed E-state index contributed by atoms with van der Waals surface area (Å²) in [6.07, 6.45) is 1.35. The molecule has 0 fully saturated rings. The average Bonchev–Trinajstić information content (AvgIpc) is 2.54. The van der Waals surface area contributed by atoms with Crippen molar-refractivity contribution in [3.05, 3.63) is 53.7 Å². The van der Waals surface area contributed by atoms with E-state index in [2.05, 4.69) is 15.6 Å². The third kappa shape index (κ3) is 4.49. The predicted molar refractivity (Wildman–Crippen MR) is 83.9 cm³/mol. The quantitative estimate of drug-likeness (QED) is 0.823. The number of hydrogen-bond donors (Lipinski definition) is 2. The maximum Gasteiger partial charge on any atom is 0.290 e. The Hall–Kier alpha value is -2.48. The fraction of sp³-hybridized carbons (Fsp3) is 0.133. The third-order valence-corrected chi connectivity index (χ3v) is 3.58. The Kier molecular flexibility index (Phi) is 5.64. The van der Waals surface area contributed by atoms with Gasteiger partial charge in [0.15, 0.2) is 0 Å². The van der Waals surface area contributed by atoms with Gasteiger partial charge >= 0.3 is 0 Å². The summed E-state index contributed by atoms with van der Waals surface area (Å²) in [5, 5.41) is 5.03. The maximum absolute atomic E-state index is 12.5. The van der Waals surface area contributed by atoms with Crippen molar-refractivity contribution in [1.82, 2.24) is 10.3 Å². The van der Waals surface area contributed by atoms with E-state index in [4.69, 9.17) is 0 Å². The molecule has 0 unspecified atom stereocenters. The highest BCUT2D eigenvalue weighted by Crippen LogP contribution is 2.26. The minimum Gasteiger partial charge on any atom is -0.355 e. The molecule has 8 heteroatoms. The minimum absolute atomic E-state index is 0.0398. The van der Waals surface area contributed by atoms with Gasteiger partial charge in [0.1, 0.15) is 5.03 Å². The predicted octanol–water partition coefficient (Wildman–Crippen LogP) is 3.01. The van der Waals surface area contributed by atoms with Crippen molar-refractivity contribution in [2.45, 2.75) is 10.8 Å². The molecule has 23 heavy (non-hydrogen) atoms. The van der Waals surface area contributed by atoms with Gasteiger partial charge in [0.25, 0.3) is 17.6 Å². The molecular weight excluding hydrogens is 324 g/mol. The van der Waals surface area contributed by atoms with E-state index in [1.165, 1.54) is 25.4 Å². The lowest BCUT2D eigenvalue weighted by molar-refractivity contribution is 0.0962. The highest BCUT2D eigenvalue weighted by atomic mass is 32.2. The van der Waals surface area contributed by atoms with Gasteiger partial charge in [-0.15, -0.1) is 0 Å². The van der Waals surface area contributed by atoms with Gasteiger partial charge in [0, 0.05) is 24.5 Å². The van der Waals surface area contributed by atoms with Crippen LogP contribution in [0.5, 0.6) is 0 Å². The summed E-state index contributed by atoms with van der Waals surface area (Å²) in [6.45, 7) is 0. The van der Waals surface area contributed by atoms with E-state index >= 15 is 0 Å². The molecule has 5 nitrogen and oxygen atoms in total. The molecule has 0 saturated heterocycles. The monoisotopic (exact) mass is 337 g/mol. The number of anilines is 1. The summed E-state index contributed by atoms with van der Waals surface area (Å²) >= 11 is 0.215.